The molecule has 1 aliphatic rings. The summed E-state index contributed by atoms with van der Waals surface area (Å²) in [5.74, 6) is 2.51. The van der Waals surface area contributed by atoms with Crippen molar-refractivity contribution < 1.29 is 9.32 Å². The lowest BCUT2D eigenvalue weighted by molar-refractivity contribution is 0.208. The van der Waals surface area contributed by atoms with Crippen molar-refractivity contribution in [2.45, 2.75) is 38.4 Å². The predicted molar refractivity (Wildman–Crippen MR) is 77.7 cm³/mol. The number of nitrogens with one attached hydrogen (secondary N) is 1. The molecule has 1 aliphatic heterocycles. The highest BCUT2D eigenvalue weighted by Gasteiger charge is 2.30. The zero-order valence-electron chi connectivity index (χ0n) is 11.9. The summed E-state index contributed by atoms with van der Waals surface area (Å²) in [6.45, 7) is 9.88. The van der Waals surface area contributed by atoms with E-state index in [-0.39, 0.29) is 16.7 Å². The van der Waals surface area contributed by atoms with Gasteiger partial charge in [0.05, 0.1) is 0 Å². The van der Waals surface area contributed by atoms with Crippen LogP contribution in [0.2, 0.25) is 0 Å². The third kappa shape index (κ3) is 3.65. The van der Waals surface area contributed by atoms with Crippen molar-refractivity contribution in [3.63, 3.8) is 0 Å². The van der Waals surface area contributed by atoms with E-state index < -0.39 is 0 Å². The van der Waals surface area contributed by atoms with Crippen molar-refractivity contribution in [3.05, 3.63) is 11.8 Å². The zero-order chi connectivity index (χ0) is 14.0. The molecule has 0 atom stereocenters. The van der Waals surface area contributed by atoms with Gasteiger partial charge in [-0.1, -0.05) is 19.0 Å². The van der Waals surface area contributed by atoms with Gasteiger partial charge in [-0.25, -0.2) is 4.79 Å². The molecule has 19 heavy (non-hydrogen) atoms. The molecule has 1 aromatic rings. The molecule has 2 rings (SSSR count). The monoisotopic (exact) mass is 283 g/mol. The Kier molecular flexibility index (Phi) is 4.08. The highest BCUT2D eigenvalue weighted by molar-refractivity contribution is 8.00. The first kappa shape index (κ1) is 14.2. The van der Waals surface area contributed by atoms with Gasteiger partial charge in [0.1, 0.15) is 5.76 Å². The Bertz CT molecular complexity index is 456. The zero-order valence-corrected chi connectivity index (χ0v) is 12.7. The van der Waals surface area contributed by atoms with Gasteiger partial charge in [-0.3, -0.25) is 5.32 Å². The molecule has 0 aliphatic carbocycles. The molecule has 0 radical (unpaired) electrons. The Morgan fingerprint density at radius 2 is 2.32 bits per heavy atom. The standard InChI is InChI=1S/C13H21N3O2S/c1-9(2)10-7-11(15-18-10)14-12(17)16-5-6-19-13(3,4)8-16/h7,9H,5-6,8H2,1-4H3,(H,14,15,17). The van der Waals surface area contributed by atoms with Crippen LogP contribution in [0.3, 0.4) is 0 Å². The lowest BCUT2D eigenvalue weighted by Gasteiger charge is -2.37. The molecule has 1 fully saturated rings. The summed E-state index contributed by atoms with van der Waals surface area (Å²) < 4.78 is 5.28. The number of hydrogen-bond donors (Lipinski definition) is 1. The molecular weight excluding hydrogens is 262 g/mol. The number of thioether (sulfide) groups is 1. The van der Waals surface area contributed by atoms with Crippen LogP contribution in [-0.2, 0) is 0 Å². The Morgan fingerprint density at radius 1 is 1.58 bits per heavy atom. The first-order valence-corrected chi connectivity index (χ1v) is 7.52. The first-order chi connectivity index (χ1) is 8.87. The fourth-order valence-electron chi connectivity index (χ4n) is 2.00. The van der Waals surface area contributed by atoms with E-state index in [0.717, 1.165) is 24.6 Å². The maximum atomic E-state index is 12.2. The fourth-order valence-corrected chi connectivity index (χ4v) is 3.11. The maximum absolute atomic E-state index is 12.2. The van der Waals surface area contributed by atoms with E-state index in [9.17, 15) is 4.79 Å². The number of carbonyl (C=O) groups is 1. The largest absolute Gasteiger partial charge is 0.359 e. The van der Waals surface area contributed by atoms with E-state index in [1.54, 1.807) is 6.07 Å². The number of aromatic nitrogens is 1. The number of rotatable bonds is 2. The van der Waals surface area contributed by atoms with Gasteiger partial charge in [-0.15, -0.1) is 0 Å². The Hall–Kier alpha value is -1.17. The third-order valence-electron chi connectivity index (χ3n) is 3.05. The molecular formula is C13H21N3O2S. The summed E-state index contributed by atoms with van der Waals surface area (Å²) in [5, 5.41) is 6.67. The van der Waals surface area contributed by atoms with E-state index >= 15 is 0 Å². The summed E-state index contributed by atoms with van der Waals surface area (Å²) in [6.07, 6.45) is 0. The van der Waals surface area contributed by atoms with E-state index in [2.05, 4.69) is 24.3 Å². The summed E-state index contributed by atoms with van der Waals surface area (Å²) in [5.41, 5.74) is 0. The van der Waals surface area contributed by atoms with E-state index in [0.29, 0.717) is 5.82 Å². The first-order valence-electron chi connectivity index (χ1n) is 6.54. The summed E-state index contributed by atoms with van der Waals surface area (Å²) in [4.78, 5) is 14.0. The minimum Gasteiger partial charge on any atom is -0.359 e. The molecule has 1 N–H and O–H groups in total. The van der Waals surface area contributed by atoms with Crippen molar-refractivity contribution in [2.24, 2.45) is 0 Å². The molecule has 0 spiro atoms. The van der Waals surface area contributed by atoms with E-state index in [1.165, 1.54) is 0 Å². The quantitative estimate of drug-likeness (QED) is 0.905. The van der Waals surface area contributed by atoms with Gasteiger partial charge in [0.2, 0.25) is 0 Å². The normalized spacial score (nSPS) is 18.7. The van der Waals surface area contributed by atoms with Crippen LogP contribution in [0, 0.1) is 0 Å². The molecule has 2 amide bonds. The topological polar surface area (TPSA) is 58.4 Å². The van der Waals surface area contributed by atoms with Crippen LogP contribution >= 0.6 is 11.8 Å². The van der Waals surface area contributed by atoms with Crippen LogP contribution in [0.25, 0.3) is 0 Å². The molecule has 0 bridgehead atoms. The van der Waals surface area contributed by atoms with Gasteiger partial charge in [0.15, 0.2) is 5.82 Å². The minimum absolute atomic E-state index is 0.100. The second kappa shape index (κ2) is 5.45. The Labute approximate surface area is 118 Å². The van der Waals surface area contributed by atoms with Crippen LogP contribution < -0.4 is 5.32 Å². The molecule has 5 nitrogen and oxygen atoms in total. The van der Waals surface area contributed by atoms with E-state index in [4.69, 9.17) is 4.52 Å². The molecule has 1 aromatic heterocycles. The predicted octanol–water partition coefficient (Wildman–Crippen LogP) is 3.16. The second-order valence-electron chi connectivity index (χ2n) is 5.73. The van der Waals surface area contributed by atoms with Gasteiger partial charge in [-0.2, -0.15) is 11.8 Å². The van der Waals surface area contributed by atoms with Crippen molar-refractivity contribution in [1.29, 1.82) is 0 Å². The number of amides is 2. The van der Waals surface area contributed by atoms with Crippen LogP contribution in [0.5, 0.6) is 0 Å². The summed E-state index contributed by atoms with van der Waals surface area (Å²) >= 11 is 1.90. The molecule has 0 saturated carbocycles. The lowest BCUT2D eigenvalue weighted by Crippen LogP contribution is -2.47. The molecule has 0 unspecified atom stereocenters. The molecule has 6 heteroatoms. The second-order valence-corrected chi connectivity index (χ2v) is 7.53. The van der Waals surface area contributed by atoms with Crippen molar-refractivity contribution in [2.75, 3.05) is 24.2 Å². The SMILES string of the molecule is CC(C)c1cc(NC(=O)N2CCSC(C)(C)C2)no1. The van der Waals surface area contributed by atoms with Crippen LogP contribution in [0.15, 0.2) is 10.6 Å². The van der Waals surface area contributed by atoms with Gasteiger partial charge in [0, 0.05) is 35.6 Å². The summed E-state index contributed by atoms with van der Waals surface area (Å²) in [6, 6.07) is 1.68. The number of carbonyl (C=O) groups excluding carboxylic acids is 1. The number of urea groups is 1. The Morgan fingerprint density at radius 3 is 2.89 bits per heavy atom. The molecule has 106 valence electrons. The van der Waals surface area contributed by atoms with Gasteiger partial charge >= 0.3 is 6.03 Å². The van der Waals surface area contributed by atoms with Gasteiger partial charge in [0.25, 0.3) is 0 Å². The molecule has 0 aromatic carbocycles. The smallest absolute Gasteiger partial charge is 0.323 e. The fraction of sp³-hybridized carbons (Fsp3) is 0.692. The van der Waals surface area contributed by atoms with Crippen molar-refractivity contribution in [3.8, 4) is 0 Å². The summed E-state index contributed by atoms with van der Waals surface area (Å²) in [7, 11) is 0. The van der Waals surface area contributed by atoms with Crippen LogP contribution in [0.1, 0.15) is 39.4 Å². The average Bonchev–Trinajstić information content (AvgIpc) is 2.76. The van der Waals surface area contributed by atoms with Crippen LogP contribution in [-0.4, -0.2) is 39.7 Å². The molecule has 1 saturated heterocycles. The minimum atomic E-state index is -0.100. The number of anilines is 1. The highest BCUT2D eigenvalue weighted by Crippen LogP contribution is 2.29. The lowest BCUT2D eigenvalue weighted by atomic mass is 10.2. The Balaban J connectivity index is 1.96. The van der Waals surface area contributed by atoms with Gasteiger partial charge in [-0.05, 0) is 13.8 Å². The maximum Gasteiger partial charge on any atom is 0.323 e. The molecule has 2 heterocycles. The van der Waals surface area contributed by atoms with Crippen molar-refractivity contribution in [1.82, 2.24) is 10.1 Å². The average molecular weight is 283 g/mol. The van der Waals surface area contributed by atoms with Crippen molar-refractivity contribution >= 4 is 23.6 Å². The number of nitrogens with zero attached hydrogens (tertiary/aromatic N) is 2. The third-order valence-corrected chi connectivity index (χ3v) is 4.34. The highest BCUT2D eigenvalue weighted by atomic mass is 32.2. The van der Waals surface area contributed by atoms with Crippen LogP contribution in [0.4, 0.5) is 10.6 Å². The van der Waals surface area contributed by atoms with Gasteiger partial charge < -0.3 is 9.42 Å². The number of hydrogen-bond acceptors (Lipinski definition) is 4. The van der Waals surface area contributed by atoms with E-state index in [1.807, 2.05) is 30.5 Å².